The summed E-state index contributed by atoms with van der Waals surface area (Å²) in [6, 6.07) is 10.5. The van der Waals surface area contributed by atoms with Crippen molar-refractivity contribution in [1.29, 1.82) is 0 Å². The molecule has 2 heterocycles. The van der Waals surface area contributed by atoms with E-state index >= 15 is 0 Å². The Labute approximate surface area is 149 Å². The number of benzene rings is 1. The maximum atomic E-state index is 6.10. The first-order chi connectivity index (χ1) is 10.0. The third kappa shape index (κ3) is 2.06. The molecule has 21 heavy (non-hydrogen) atoms. The molecule has 0 spiro atoms. The highest BCUT2D eigenvalue weighted by molar-refractivity contribution is 14.1. The molecule has 4 rings (SSSR count). The molecule has 0 saturated heterocycles. The molecule has 0 fully saturated rings. The molecule has 1 aromatic heterocycles. The number of halogens is 2. The molecule has 4 heteroatoms. The van der Waals surface area contributed by atoms with Crippen LogP contribution >= 0.6 is 45.2 Å². The first-order valence-corrected chi connectivity index (χ1v) is 8.74. The summed E-state index contributed by atoms with van der Waals surface area (Å²) in [6.07, 6.45) is 0. The minimum atomic E-state index is 0.873. The smallest absolute Gasteiger partial charge is 0.375 e. The topological polar surface area (TPSA) is 24.4 Å². The number of aryl methyl sites for hydroxylation is 2. The van der Waals surface area contributed by atoms with Crippen molar-refractivity contribution in [1.82, 2.24) is 0 Å². The Kier molecular flexibility index (Phi) is 3.15. The number of hydrogen-bond acceptors (Lipinski definition) is 1. The number of rotatable bonds is 0. The minimum absolute atomic E-state index is 0.873. The Bertz CT molecular complexity index is 985. The monoisotopic (exact) mass is 501 g/mol. The molecule has 0 unspecified atom stereocenters. The van der Waals surface area contributed by atoms with E-state index in [2.05, 4.69) is 76.4 Å². The lowest BCUT2D eigenvalue weighted by atomic mass is 10.1. The fourth-order valence-corrected chi connectivity index (χ4v) is 4.73. The van der Waals surface area contributed by atoms with Crippen LogP contribution in [0.1, 0.15) is 11.3 Å². The predicted octanol–water partition coefficient (Wildman–Crippen LogP) is 6.39. The third-order valence-electron chi connectivity index (χ3n) is 3.73. The zero-order chi connectivity index (χ0) is 14.7. The largest absolute Gasteiger partial charge is 0.460 e. The fourth-order valence-electron chi connectivity index (χ4n) is 2.78. The average molecular weight is 501 g/mol. The van der Waals surface area contributed by atoms with Gasteiger partial charge in [-0.15, -0.1) is 0 Å². The van der Waals surface area contributed by atoms with E-state index in [1.54, 1.807) is 0 Å². The summed E-state index contributed by atoms with van der Waals surface area (Å²) in [6.45, 7) is 4.09. The van der Waals surface area contributed by atoms with Gasteiger partial charge in [0, 0.05) is 15.0 Å². The SMILES string of the molecule is Cc1cc2c(C)ccc3[o+]c4c(I)cc(I)cc4c-3c2o1. The van der Waals surface area contributed by atoms with Gasteiger partial charge in [-0.2, -0.15) is 0 Å². The molecule has 1 aliphatic carbocycles. The highest BCUT2D eigenvalue weighted by atomic mass is 127. The normalized spacial score (nSPS) is 11.8. The number of furan rings is 2. The van der Waals surface area contributed by atoms with Crippen LogP contribution in [-0.4, -0.2) is 0 Å². The second kappa shape index (κ2) is 4.81. The van der Waals surface area contributed by atoms with Crippen LogP contribution < -0.4 is 0 Å². The van der Waals surface area contributed by atoms with Gasteiger partial charge in [0.25, 0.3) is 0 Å². The van der Waals surface area contributed by atoms with E-state index in [-0.39, 0.29) is 0 Å². The van der Waals surface area contributed by atoms with E-state index < -0.39 is 0 Å². The Balaban J connectivity index is 2.33. The number of fused-ring (bicyclic) bond motifs is 5. The molecule has 2 aliphatic rings. The van der Waals surface area contributed by atoms with Gasteiger partial charge in [-0.1, -0.05) is 0 Å². The lowest BCUT2D eigenvalue weighted by Crippen LogP contribution is -1.77. The molecular formula is C17H11I2O2+. The Morgan fingerprint density at radius 1 is 1.00 bits per heavy atom. The van der Waals surface area contributed by atoms with Crippen molar-refractivity contribution in [3.63, 3.8) is 0 Å². The van der Waals surface area contributed by atoms with Crippen LogP contribution in [0.5, 0.6) is 0 Å². The van der Waals surface area contributed by atoms with E-state index in [1.807, 2.05) is 13.0 Å². The first-order valence-electron chi connectivity index (χ1n) is 6.59. The maximum absolute atomic E-state index is 6.10. The summed E-state index contributed by atoms with van der Waals surface area (Å²) in [5, 5.41) is 2.27. The van der Waals surface area contributed by atoms with Gasteiger partial charge in [0.1, 0.15) is 20.3 Å². The lowest BCUT2D eigenvalue weighted by Gasteiger charge is -1.91. The molecule has 1 aliphatic heterocycles. The summed E-state index contributed by atoms with van der Waals surface area (Å²) in [5.41, 5.74) is 4.12. The molecule has 0 bridgehead atoms. The molecule has 2 nitrogen and oxygen atoms in total. The van der Waals surface area contributed by atoms with Crippen LogP contribution in [0.15, 0.2) is 39.2 Å². The molecule has 0 N–H and O–H groups in total. The van der Waals surface area contributed by atoms with Crippen molar-refractivity contribution in [3.8, 4) is 11.3 Å². The van der Waals surface area contributed by atoms with Crippen LogP contribution in [0.4, 0.5) is 0 Å². The molecule has 0 saturated carbocycles. The third-order valence-corrected chi connectivity index (χ3v) is 5.15. The minimum Gasteiger partial charge on any atom is -0.460 e. The molecule has 104 valence electrons. The van der Waals surface area contributed by atoms with Gasteiger partial charge in [-0.05, 0) is 88.9 Å². The van der Waals surface area contributed by atoms with Crippen molar-refractivity contribution in [2.45, 2.75) is 13.8 Å². The quantitative estimate of drug-likeness (QED) is 0.206. The van der Waals surface area contributed by atoms with E-state index in [9.17, 15) is 0 Å². The van der Waals surface area contributed by atoms with Crippen molar-refractivity contribution in [3.05, 3.63) is 48.8 Å². The van der Waals surface area contributed by atoms with Crippen molar-refractivity contribution < 1.29 is 8.83 Å². The summed E-state index contributed by atoms with van der Waals surface area (Å²) in [5.74, 6) is 1.80. The van der Waals surface area contributed by atoms with Crippen LogP contribution in [0, 0.1) is 21.0 Å². The van der Waals surface area contributed by atoms with Gasteiger partial charge >= 0.3 is 11.3 Å². The van der Waals surface area contributed by atoms with Crippen LogP contribution in [0.25, 0.3) is 33.3 Å². The van der Waals surface area contributed by atoms with Crippen molar-refractivity contribution in [2.24, 2.45) is 0 Å². The molecule has 0 radical (unpaired) electrons. The van der Waals surface area contributed by atoms with Gasteiger partial charge in [0.2, 0.25) is 0 Å². The summed E-state index contributed by atoms with van der Waals surface area (Å²) < 4.78 is 14.4. The van der Waals surface area contributed by atoms with Gasteiger partial charge in [0.05, 0.1) is 0 Å². The van der Waals surface area contributed by atoms with E-state index in [0.29, 0.717) is 0 Å². The van der Waals surface area contributed by atoms with E-state index in [0.717, 1.165) is 42.6 Å². The molecular weight excluding hydrogens is 490 g/mol. The van der Waals surface area contributed by atoms with Crippen LogP contribution in [-0.2, 0) is 0 Å². The Hall–Kier alpha value is -0.890. The molecule has 1 aromatic carbocycles. The summed E-state index contributed by atoms with van der Waals surface area (Å²) >= 11 is 4.67. The van der Waals surface area contributed by atoms with Gasteiger partial charge < -0.3 is 4.42 Å². The molecule has 2 aromatic rings. The summed E-state index contributed by atoms with van der Waals surface area (Å²) in [4.78, 5) is 0. The maximum Gasteiger partial charge on any atom is 0.375 e. The van der Waals surface area contributed by atoms with Gasteiger partial charge in [0.15, 0.2) is 5.58 Å². The highest BCUT2D eigenvalue weighted by Gasteiger charge is 2.30. The standard InChI is InChI=1S/C17H11I2O2/c1-8-3-4-14-15(17-11(8)5-9(2)20-17)12-6-10(18)7-13(19)16(12)21-14/h3-7H,1-2H3/q+1. The van der Waals surface area contributed by atoms with Crippen molar-refractivity contribution in [2.75, 3.05) is 0 Å². The van der Waals surface area contributed by atoms with Crippen LogP contribution in [0.3, 0.4) is 0 Å². The second-order valence-electron chi connectivity index (χ2n) is 5.22. The zero-order valence-corrected chi connectivity index (χ0v) is 15.8. The Morgan fingerprint density at radius 2 is 1.81 bits per heavy atom. The van der Waals surface area contributed by atoms with Crippen molar-refractivity contribution >= 4 is 67.1 Å². The second-order valence-corrected chi connectivity index (χ2v) is 7.63. The zero-order valence-electron chi connectivity index (χ0n) is 11.5. The van der Waals surface area contributed by atoms with E-state index in [4.69, 9.17) is 8.83 Å². The van der Waals surface area contributed by atoms with Gasteiger partial charge in [-0.25, -0.2) is 4.42 Å². The Morgan fingerprint density at radius 3 is 2.62 bits per heavy atom. The van der Waals surface area contributed by atoms with Gasteiger partial charge in [-0.3, -0.25) is 0 Å². The average Bonchev–Trinajstić information content (AvgIpc) is 2.93. The fraction of sp³-hybridized carbons (Fsp3) is 0.118. The predicted molar refractivity (Wildman–Crippen MR) is 102 cm³/mol. The summed E-state index contributed by atoms with van der Waals surface area (Å²) in [7, 11) is 0. The molecule has 0 atom stereocenters. The highest BCUT2D eigenvalue weighted by Crippen LogP contribution is 2.42. The lowest BCUT2D eigenvalue weighted by molar-refractivity contribution is 0.577. The first kappa shape index (κ1) is 13.8. The number of hydrogen-bond donors (Lipinski definition) is 0. The van der Waals surface area contributed by atoms with Crippen LogP contribution in [0.2, 0.25) is 0 Å². The molecule has 0 amide bonds. The van der Waals surface area contributed by atoms with E-state index in [1.165, 1.54) is 9.13 Å².